The maximum absolute atomic E-state index is 12.7. The molecule has 0 fully saturated rings. The number of benzene rings is 1. The number of rotatable bonds is 4. The molecule has 4 aromatic rings. The molecule has 0 aliphatic carbocycles. The summed E-state index contributed by atoms with van der Waals surface area (Å²) < 4.78 is 39.8. The molecule has 0 aliphatic heterocycles. The van der Waals surface area contributed by atoms with E-state index in [2.05, 4.69) is 15.4 Å². The number of carbonyl (C=O) groups excluding carboxylic acids is 1. The molecule has 5 nitrogen and oxygen atoms in total. The molecule has 0 spiro atoms. The molecule has 154 valence electrons. The van der Waals surface area contributed by atoms with Crippen molar-refractivity contribution in [2.45, 2.75) is 19.6 Å². The molecule has 1 aromatic carbocycles. The fourth-order valence-electron chi connectivity index (χ4n) is 3.04. The highest BCUT2D eigenvalue weighted by molar-refractivity contribution is 7.07. The number of aryl methyl sites for hydroxylation is 1. The molecule has 0 saturated heterocycles. The van der Waals surface area contributed by atoms with Crippen LogP contribution in [0.2, 0.25) is 5.02 Å². The zero-order valence-electron chi connectivity index (χ0n) is 15.5. The first-order chi connectivity index (χ1) is 14.2. The summed E-state index contributed by atoms with van der Waals surface area (Å²) >= 11 is 8.07. The molecule has 1 amide bonds. The molecule has 0 saturated carbocycles. The summed E-state index contributed by atoms with van der Waals surface area (Å²) in [7, 11) is 0. The Morgan fingerprint density at radius 2 is 1.97 bits per heavy atom. The standard InChI is InChI=1S/C20H14ClF3N4OS/c1-11-16-17(21)15(8-25-18(16)28(27-11)9-12-6-7-30-10-12)19(29)26-14-4-2-13(3-5-14)20(22,23)24/h2-8,10H,9H2,1H3,(H,26,29). The van der Waals surface area contributed by atoms with Gasteiger partial charge in [-0.15, -0.1) is 0 Å². The minimum atomic E-state index is -4.44. The summed E-state index contributed by atoms with van der Waals surface area (Å²) in [5.41, 5.74) is 1.79. The summed E-state index contributed by atoms with van der Waals surface area (Å²) in [4.78, 5) is 17.0. The molecule has 0 aliphatic rings. The predicted molar refractivity (Wildman–Crippen MR) is 110 cm³/mol. The Labute approximate surface area is 178 Å². The third-order valence-electron chi connectivity index (χ3n) is 4.50. The number of fused-ring (bicyclic) bond motifs is 1. The Kier molecular flexibility index (Phi) is 5.25. The highest BCUT2D eigenvalue weighted by Crippen LogP contribution is 2.31. The molecule has 0 radical (unpaired) electrons. The van der Waals surface area contributed by atoms with Crippen LogP contribution in [0.5, 0.6) is 0 Å². The number of halogens is 4. The second-order valence-electron chi connectivity index (χ2n) is 6.59. The molecular formula is C20H14ClF3N4OS. The number of aromatic nitrogens is 3. The van der Waals surface area contributed by atoms with Gasteiger partial charge in [-0.1, -0.05) is 11.6 Å². The first-order valence-corrected chi connectivity index (χ1v) is 10.1. The van der Waals surface area contributed by atoms with E-state index < -0.39 is 17.6 Å². The van der Waals surface area contributed by atoms with Gasteiger partial charge < -0.3 is 5.32 Å². The number of nitrogens with one attached hydrogen (secondary N) is 1. The first-order valence-electron chi connectivity index (χ1n) is 8.75. The number of hydrogen-bond donors (Lipinski definition) is 1. The smallest absolute Gasteiger partial charge is 0.322 e. The van der Waals surface area contributed by atoms with Gasteiger partial charge in [0, 0.05) is 11.9 Å². The average molecular weight is 451 g/mol. The van der Waals surface area contributed by atoms with E-state index in [0.29, 0.717) is 23.3 Å². The van der Waals surface area contributed by atoms with E-state index in [1.807, 2.05) is 16.8 Å². The van der Waals surface area contributed by atoms with Crippen LogP contribution in [0.1, 0.15) is 27.2 Å². The second-order valence-corrected chi connectivity index (χ2v) is 7.75. The lowest BCUT2D eigenvalue weighted by Gasteiger charge is -2.10. The van der Waals surface area contributed by atoms with Gasteiger partial charge in [0.15, 0.2) is 5.65 Å². The van der Waals surface area contributed by atoms with Crippen LogP contribution < -0.4 is 5.32 Å². The van der Waals surface area contributed by atoms with Crippen molar-refractivity contribution < 1.29 is 18.0 Å². The molecule has 0 bridgehead atoms. The quantitative estimate of drug-likeness (QED) is 0.429. The van der Waals surface area contributed by atoms with Crippen LogP contribution in [0.3, 0.4) is 0 Å². The maximum Gasteiger partial charge on any atom is 0.416 e. The van der Waals surface area contributed by atoms with Crippen LogP contribution in [0.25, 0.3) is 11.0 Å². The number of carbonyl (C=O) groups is 1. The molecule has 3 aromatic heterocycles. The van der Waals surface area contributed by atoms with Crippen molar-refractivity contribution in [2.75, 3.05) is 5.32 Å². The summed E-state index contributed by atoms with van der Waals surface area (Å²) in [6, 6.07) is 6.16. The number of anilines is 1. The number of amides is 1. The Morgan fingerprint density at radius 3 is 2.60 bits per heavy atom. The van der Waals surface area contributed by atoms with Gasteiger partial charge >= 0.3 is 6.18 Å². The number of hydrogen-bond acceptors (Lipinski definition) is 4. The third kappa shape index (κ3) is 3.90. The normalized spacial score (nSPS) is 11.8. The van der Waals surface area contributed by atoms with Gasteiger partial charge in [0.1, 0.15) is 0 Å². The van der Waals surface area contributed by atoms with Crippen LogP contribution in [0, 0.1) is 6.92 Å². The summed E-state index contributed by atoms with van der Waals surface area (Å²) in [6.07, 6.45) is -3.10. The lowest BCUT2D eigenvalue weighted by atomic mass is 10.1. The first kappa shape index (κ1) is 20.4. The van der Waals surface area contributed by atoms with Crippen molar-refractivity contribution in [1.82, 2.24) is 14.8 Å². The minimum absolute atomic E-state index is 0.113. The summed E-state index contributed by atoms with van der Waals surface area (Å²) in [5, 5.41) is 11.8. The van der Waals surface area contributed by atoms with E-state index >= 15 is 0 Å². The largest absolute Gasteiger partial charge is 0.416 e. The second kappa shape index (κ2) is 7.73. The third-order valence-corrected chi connectivity index (χ3v) is 5.62. The van der Waals surface area contributed by atoms with Gasteiger partial charge in [-0.05, 0) is 53.6 Å². The van der Waals surface area contributed by atoms with E-state index in [1.165, 1.54) is 18.3 Å². The van der Waals surface area contributed by atoms with Crippen molar-refractivity contribution in [3.63, 3.8) is 0 Å². The zero-order chi connectivity index (χ0) is 21.5. The maximum atomic E-state index is 12.7. The highest BCUT2D eigenvalue weighted by Gasteiger charge is 2.30. The Morgan fingerprint density at radius 1 is 1.23 bits per heavy atom. The summed E-state index contributed by atoms with van der Waals surface area (Å²) in [5.74, 6) is -0.570. The van der Waals surface area contributed by atoms with Crippen molar-refractivity contribution in [1.29, 1.82) is 0 Å². The van der Waals surface area contributed by atoms with E-state index in [-0.39, 0.29) is 16.3 Å². The lowest BCUT2D eigenvalue weighted by Crippen LogP contribution is -2.14. The van der Waals surface area contributed by atoms with Crippen LogP contribution in [0.15, 0.2) is 47.3 Å². The van der Waals surface area contributed by atoms with Crippen molar-refractivity contribution in [3.8, 4) is 0 Å². The zero-order valence-corrected chi connectivity index (χ0v) is 17.1. The van der Waals surface area contributed by atoms with Gasteiger partial charge in [0.25, 0.3) is 5.91 Å². The molecule has 3 heterocycles. The number of alkyl halides is 3. The topological polar surface area (TPSA) is 59.8 Å². The molecule has 4 rings (SSSR count). The SMILES string of the molecule is Cc1nn(Cc2ccsc2)c2ncc(C(=O)Nc3ccc(C(F)(F)F)cc3)c(Cl)c12. The minimum Gasteiger partial charge on any atom is -0.322 e. The highest BCUT2D eigenvalue weighted by atomic mass is 35.5. The van der Waals surface area contributed by atoms with E-state index in [9.17, 15) is 18.0 Å². The monoisotopic (exact) mass is 450 g/mol. The van der Waals surface area contributed by atoms with Crippen LogP contribution in [-0.2, 0) is 12.7 Å². The fourth-order valence-corrected chi connectivity index (χ4v) is 4.06. The number of thiophene rings is 1. The number of nitrogens with zero attached hydrogens (tertiary/aromatic N) is 3. The fraction of sp³-hybridized carbons (Fsp3) is 0.150. The molecule has 0 unspecified atom stereocenters. The van der Waals surface area contributed by atoms with Gasteiger partial charge in [-0.2, -0.15) is 29.6 Å². The van der Waals surface area contributed by atoms with Gasteiger partial charge in [-0.3, -0.25) is 4.79 Å². The molecule has 0 atom stereocenters. The summed E-state index contributed by atoms with van der Waals surface area (Å²) in [6.45, 7) is 2.30. The van der Waals surface area contributed by atoms with E-state index in [0.717, 1.165) is 17.7 Å². The van der Waals surface area contributed by atoms with E-state index in [1.54, 1.807) is 22.9 Å². The van der Waals surface area contributed by atoms with Crippen LogP contribution in [0.4, 0.5) is 18.9 Å². The molecule has 10 heteroatoms. The van der Waals surface area contributed by atoms with Gasteiger partial charge in [0.2, 0.25) is 0 Å². The van der Waals surface area contributed by atoms with Crippen molar-refractivity contribution >= 4 is 45.6 Å². The Balaban J connectivity index is 1.62. The predicted octanol–water partition coefficient (Wildman–Crippen LogP) is 5.77. The van der Waals surface area contributed by atoms with Crippen molar-refractivity contribution in [3.05, 3.63) is 74.7 Å². The average Bonchev–Trinajstić information content (AvgIpc) is 3.30. The molecule has 1 N–H and O–H groups in total. The van der Waals surface area contributed by atoms with Crippen molar-refractivity contribution in [2.24, 2.45) is 0 Å². The van der Waals surface area contributed by atoms with Crippen LogP contribution >= 0.6 is 22.9 Å². The van der Waals surface area contributed by atoms with Crippen LogP contribution in [-0.4, -0.2) is 20.7 Å². The Bertz CT molecular complexity index is 1220. The molecular weight excluding hydrogens is 437 g/mol. The van der Waals surface area contributed by atoms with Gasteiger partial charge in [-0.25, -0.2) is 9.67 Å². The van der Waals surface area contributed by atoms with Gasteiger partial charge in [0.05, 0.1) is 33.8 Å². The Hall–Kier alpha value is -2.91. The molecule has 30 heavy (non-hydrogen) atoms. The number of pyridine rings is 1. The lowest BCUT2D eigenvalue weighted by molar-refractivity contribution is -0.137. The van der Waals surface area contributed by atoms with E-state index in [4.69, 9.17) is 11.6 Å².